The molecule has 1 amide bonds. The molecule has 0 heterocycles. The Labute approximate surface area is 399 Å². The molecule has 0 aromatic rings. The number of esters is 1. The van der Waals surface area contributed by atoms with Gasteiger partial charge in [0.05, 0.1) is 25.2 Å². The first-order valence-corrected chi connectivity index (χ1v) is 28.6. The average molecular weight is 903 g/mol. The molecule has 0 rings (SSSR count). The van der Waals surface area contributed by atoms with E-state index in [1.54, 1.807) is 0 Å². The van der Waals surface area contributed by atoms with Crippen molar-refractivity contribution in [2.24, 2.45) is 0 Å². The molecule has 378 valence electrons. The van der Waals surface area contributed by atoms with Crippen molar-refractivity contribution >= 4 is 11.9 Å². The van der Waals surface area contributed by atoms with Crippen molar-refractivity contribution in [1.82, 2.24) is 5.32 Å². The molecule has 64 heavy (non-hydrogen) atoms. The number of allylic oxidation sites excluding steroid dienone is 4. The number of hydrogen-bond donors (Lipinski definition) is 3. The fraction of sp³-hybridized carbons (Fsp3) is 0.897. The highest BCUT2D eigenvalue weighted by molar-refractivity contribution is 5.77. The number of aliphatic hydroxyl groups excluding tert-OH is 2. The molecule has 0 aliphatic carbocycles. The largest absolute Gasteiger partial charge is 0.462 e. The molecule has 0 aliphatic heterocycles. The Kier molecular flexibility index (Phi) is 51.0. The van der Waals surface area contributed by atoms with Crippen LogP contribution < -0.4 is 5.32 Å². The van der Waals surface area contributed by atoms with Gasteiger partial charge in [-0.15, -0.1) is 0 Å². The van der Waals surface area contributed by atoms with Crippen LogP contribution in [0.15, 0.2) is 24.3 Å². The van der Waals surface area contributed by atoms with Gasteiger partial charge in [0.2, 0.25) is 5.91 Å². The lowest BCUT2D eigenvalue weighted by Crippen LogP contribution is -2.46. The van der Waals surface area contributed by atoms with E-state index in [4.69, 9.17) is 4.74 Å². The van der Waals surface area contributed by atoms with Gasteiger partial charge in [-0.05, 0) is 57.8 Å². The summed E-state index contributed by atoms with van der Waals surface area (Å²) in [5, 5.41) is 23.9. The molecule has 0 fully saturated rings. The summed E-state index contributed by atoms with van der Waals surface area (Å²) in [4.78, 5) is 26.2. The molecule has 0 bridgehead atoms. The van der Waals surface area contributed by atoms with E-state index in [-0.39, 0.29) is 24.9 Å². The van der Waals surface area contributed by atoms with Gasteiger partial charge in [0.1, 0.15) is 6.10 Å². The third kappa shape index (κ3) is 46.9. The van der Waals surface area contributed by atoms with E-state index in [1.165, 1.54) is 205 Å². The maximum Gasteiger partial charge on any atom is 0.306 e. The third-order valence-electron chi connectivity index (χ3n) is 13.3. The molecule has 3 unspecified atom stereocenters. The molecule has 0 saturated heterocycles. The van der Waals surface area contributed by atoms with E-state index < -0.39 is 18.2 Å². The highest BCUT2D eigenvalue weighted by Crippen LogP contribution is 2.19. The number of rotatable bonds is 52. The lowest BCUT2D eigenvalue weighted by atomic mass is 10.0. The molecular formula is C58H111NO5. The van der Waals surface area contributed by atoms with Crippen LogP contribution in [0.25, 0.3) is 0 Å². The smallest absolute Gasteiger partial charge is 0.306 e. The predicted octanol–water partition coefficient (Wildman–Crippen LogP) is 17.5. The number of aliphatic hydroxyl groups is 2. The number of carbonyl (C=O) groups is 2. The molecule has 6 heteroatoms. The summed E-state index contributed by atoms with van der Waals surface area (Å²) < 4.78 is 5.95. The minimum atomic E-state index is -0.785. The van der Waals surface area contributed by atoms with Crippen molar-refractivity contribution in [2.75, 3.05) is 6.61 Å². The number of ether oxygens (including phenoxy) is 1. The van der Waals surface area contributed by atoms with Gasteiger partial charge in [-0.1, -0.05) is 263 Å². The fourth-order valence-electron chi connectivity index (χ4n) is 8.93. The van der Waals surface area contributed by atoms with Gasteiger partial charge in [-0.25, -0.2) is 0 Å². The first-order valence-electron chi connectivity index (χ1n) is 28.6. The monoisotopic (exact) mass is 902 g/mol. The SMILES string of the molecule is CCCCC/C=C\C/C=C\CCCCCCCCCC(=O)OC(CCCCCCCCCCCCC)CC(=O)NC(CO)C(O)CCCCCCCCCCCCCCCCCCC. The number of amides is 1. The first-order chi connectivity index (χ1) is 31.5. The minimum absolute atomic E-state index is 0.0801. The maximum absolute atomic E-state index is 13.2. The van der Waals surface area contributed by atoms with Gasteiger partial charge in [0.15, 0.2) is 0 Å². The molecule has 0 radical (unpaired) electrons. The van der Waals surface area contributed by atoms with Gasteiger partial charge >= 0.3 is 5.97 Å². The Balaban J connectivity index is 4.44. The van der Waals surface area contributed by atoms with Gasteiger partial charge in [-0.3, -0.25) is 9.59 Å². The summed E-state index contributed by atoms with van der Waals surface area (Å²) >= 11 is 0. The van der Waals surface area contributed by atoms with E-state index in [2.05, 4.69) is 50.4 Å². The Bertz CT molecular complexity index is 1010. The Morgan fingerprint density at radius 2 is 0.797 bits per heavy atom. The highest BCUT2D eigenvalue weighted by Gasteiger charge is 2.24. The number of unbranched alkanes of at least 4 members (excludes halogenated alkanes) is 36. The lowest BCUT2D eigenvalue weighted by Gasteiger charge is -2.24. The summed E-state index contributed by atoms with van der Waals surface area (Å²) in [6.07, 6.45) is 61.0. The van der Waals surface area contributed by atoms with Crippen LogP contribution in [0.3, 0.4) is 0 Å². The summed E-state index contributed by atoms with van der Waals surface area (Å²) in [7, 11) is 0. The molecule has 0 aromatic carbocycles. The first kappa shape index (κ1) is 62.3. The number of hydrogen-bond acceptors (Lipinski definition) is 5. The number of nitrogens with one attached hydrogen (secondary N) is 1. The highest BCUT2D eigenvalue weighted by atomic mass is 16.5. The maximum atomic E-state index is 13.2. The summed E-state index contributed by atoms with van der Waals surface area (Å²) in [5.74, 6) is -0.465. The molecule has 0 aliphatic rings. The Morgan fingerprint density at radius 1 is 0.453 bits per heavy atom. The zero-order valence-electron chi connectivity index (χ0n) is 43.2. The van der Waals surface area contributed by atoms with Gasteiger partial charge in [0.25, 0.3) is 0 Å². The van der Waals surface area contributed by atoms with Crippen LogP contribution in [-0.4, -0.2) is 46.9 Å². The van der Waals surface area contributed by atoms with Crippen LogP contribution in [0.4, 0.5) is 0 Å². The van der Waals surface area contributed by atoms with Crippen LogP contribution in [0.1, 0.15) is 310 Å². The van der Waals surface area contributed by atoms with Crippen molar-refractivity contribution in [1.29, 1.82) is 0 Å². The quantitative estimate of drug-likeness (QED) is 0.0321. The van der Waals surface area contributed by atoms with Gasteiger partial charge in [-0.2, -0.15) is 0 Å². The summed E-state index contributed by atoms with van der Waals surface area (Å²) in [6.45, 7) is 6.49. The zero-order valence-corrected chi connectivity index (χ0v) is 43.2. The molecule has 3 atom stereocenters. The van der Waals surface area contributed by atoms with Crippen LogP contribution in [-0.2, 0) is 14.3 Å². The molecule has 3 N–H and O–H groups in total. The van der Waals surface area contributed by atoms with Gasteiger partial charge < -0.3 is 20.3 Å². The lowest BCUT2D eigenvalue weighted by molar-refractivity contribution is -0.151. The topological polar surface area (TPSA) is 95.9 Å². The predicted molar refractivity (Wildman–Crippen MR) is 278 cm³/mol. The average Bonchev–Trinajstić information content (AvgIpc) is 3.29. The number of carbonyl (C=O) groups excluding carboxylic acids is 2. The summed E-state index contributed by atoms with van der Waals surface area (Å²) in [6, 6.07) is -0.698. The van der Waals surface area contributed by atoms with Crippen molar-refractivity contribution in [3.63, 3.8) is 0 Å². The van der Waals surface area contributed by atoms with Crippen molar-refractivity contribution in [3.05, 3.63) is 24.3 Å². The van der Waals surface area contributed by atoms with Crippen molar-refractivity contribution < 1.29 is 24.5 Å². The second kappa shape index (κ2) is 52.3. The van der Waals surface area contributed by atoms with Crippen LogP contribution >= 0.6 is 0 Å². The van der Waals surface area contributed by atoms with Crippen molar-refractivity contribution in [3.8, 4) is 0 Å². The van der Waals surface area contributed by atoms with E-state index in [1.807, 2.05) is 0 Å². The molecule has 6 nitrogen and oxygen atoms in total. The minimum Gasteiger partial charge on any atom is -0.462 e. The zero-order chi connectivity index (χ0) is 46.7. The Hall–Kier alpha value is -1.66. The van der Waals surface area contributed by atoms with E-state index >= 15 is 0 Å². The van der Waals surface area contributed by atoms with Gasteiger partial charge in [0, 0.05) is 6.42 Å². The van der Waals surface area contributed by atoms with Crippen molar-refractivity contribution in [2.45, 2.75) is 328 Å². The second-order valence-corrected chi connectivity index (χ2v) is 19.7. The Morgan fingerprint density at radius 3 is 1.22 bits per heavy atom. The van der Waals surface area contributed by atoms with Crippen LogP contribution in [0.5, 0.6) is 0 Å². The second-order valence-electron chi connectivity index (χ2n) is 19.7. The normalized spacial score (nSPS) is 13.3. The van der Waals surface area contributed by atoms with E-state index in [9.17, 15) is 19.8 Å². The molecule has 0 saturated carbocycles. The molecule has 0 spiro atoms. The standard InChI is InChI=1S/C58H111NO5/c1-4-7-10-13-16-19-22-24-26-28-30-32-35-38-41-44-47-50-56(61)55(53-60)59-57(62)52-54(49-46-43-40-37-34-21-18-15-12-9-6-3)64-58(63)51-48-45-42-39-36-33-31-29-27-25-23-20-17-14-11-8-5-2/h17,20,25,27,54-56,60-61H,4-16,18-19,21-24,26,28-53H2,1-3H3,(H,59,62)/b20-17-,27-25-. The van der Waals surface area contributed by atoms with Crippen LogP contribution in [0.2, 0.25) is 0 Å². The molecular weight excluding hydrogens is 791 g/mol. The summed E-state index contributed by atoms with van der Waals surface area (Å²) in [5.41, 5.74) is 0. The van der Waals surface area contributed by atoms with E-state index in [0.717, 1.165) is 57.8 Å². The van der Waals surface area contributed by atoms with Crippen LogP contribution in [0, 0.1) is 0 Å². The third-order valence-corrected chi connectivity index (χ3v) is 13.3. The van der Waals surface area contributed by atoms with E-state index in [0.29, 0.717) is 19.3 Å². The molecule has 0 aromatic heterocycles. The fourth-order valence-corrected chi connectivity index (χ4v) is 8.93.